The molecule has 8 nitrogen and oxygen atoms in total. The van der Waals surface area contributed by atoms with E-state index in [0.29, 0.717) is 24.9 Å². The van der Waals surface area contributed by atoms with Gasteiger partial charge in [-0.05, 0) is 51.2 Å². The lowest BCUT2D eigenvalue weighted by molar-refractivity contribution is -0.384. The van der Waals surface area contributed by atoms with Crippen LogP contribution in [0.5, 0.6) is 0 Å². The SMILES string of the molecule is CC(C)NC(=O)C(CCc1ccccc1)N1CC2CCCN2c2ccc([N+](=O)[O-])cc2C1=O. The van der Waals surface area contributed by atoms with Gasteiger partial charge in [0.05, 0.1) is 16.2 Å². The number of hydrogen-bond acceptors (Lipinski definition) is 5. The van der Waals surface area contributed by atoms with Crippen LogP contribution in [0.2, 0.25) is 0 Å². The van der Waals surface area contributed by atoms with E-state index >= 15 is 0 Å². The summed E-state index contributed by atoms with van der Waals surface area (Å²) in [5.74, 6) is -0.507. The minimum atomic E-state index is -0.659. The molecule has 2 amide bonds. The first-order chi connectivity index (χ1) is 15.8. The molecule has 174 valence electrons. The number of nitrogens with one attached hydrogen (secondary N) is 1. The van der Waals surface area contributed by atoms with Gasteiger partial charge in [0.25, 0.3) is 11.6 Å². The highest BCUT2D eigenvalue weighted by atomic mass is 16.6. The summed E-state index contributed by atoms with van der Waals surface area (Å²) in [6, 6.07) is 13.8. The van der Waals surface area contributed by atoms with Crippen LogP contribution in [0.3, 0.4) is 0 Å². The van der Waals surface area contributed by atoms with Gasteiger partial charge in [-0.1, -0.05) is 30.3 Å². The lowest BCUT2D eigenvalue weighted by Crippen LogP contribution is -2.53. The fraction of sp³-hybridized carbons (Fsp3) is 0.440. The molecule has 0 saturated carbocycles. The Morgan fingerprint density at radius 2 is 1.97 bits per heavy atom. The summed E-state index contributed by atoms with van der Waals surface area (Å²) in [4.78, 5) is 41.8. The number of nitro groups is 1. The minimum Gasteiger partial charge on any atom is -0.366 e. The molecule has 0 aromatic heterocycles. The van der Waals surface area contributed by atoms with E-state index < -0.39 is 11.0 Å². The van der Waals surface area contributed by atoms with E-state index in [-0.39, 0.29) is 29.6 Å². The maximum atomic E-state index is 13.8. The molecule has 1 saturated heterocycles. The zero-order valence-corrected chi connectivity index (χ0v) is 19.1. The first kappa shape index (κ1) is 22.8. The Kier molecular flexibility index (Phi) is 6.62. The van der Waals surface area contributed by atoms with Crippen molar-refractivity contribution in [3.63, 3.8) is 0 Å². The summed E-state index contributed by atoms with van der Waals surface area (Å²) in [6.07, 6.45) is 3.02. The van der Waals surface area contributed by atoms with Crippen LogP contribution in [0, 0.1) is 10.1 Å². The third-order valence-electron chi connectivity index (χ3n) is 6.44. The maximum absolute atomic E-state index is 13.8. The van der Waals surface area contributed by atoms with Gasteiger partial charge in [-0.25, -0.2) is 0 Å². The van der Waals surface area contributed by atoms with E-state index in [2.05, 4.69) is 10.2 Å². The molecule has 2 aliphatic heterocycles. The van der Waals surface area contributed by atoms with E-state index in [1.54, 1.807) is 11.0 Å². The average molecular weight is 451 g/mol. The highest BCUT2D eigenvalue weighted by molar-refractivity contribution is 6.03. The Hall–Kier alpha value is -3.42. The van der Waals surface area contributed by atoms with Gasteiger partial charge in [-0.3, -0.25) is 19.7 Å². The van der Waals surface area contributed by atoms with Gasteiger partial charge in [0, 0.05) is 37.3 Å². The fourth-order valence-electron chi connectivity index (χ4n) is 4.89. The predicted octanol–water partition coefficient (Wildman–Crippen LogP) is 3.55. The van der Waals surface area contributed by atoms with Crippen LogP contribution in [0.15, 0.2) is 48.5 Å². The Morgan fingerprint density at radius 3 is 2.67 bits per heavy atom. The van der Waals surface area contributed by atoms with Crippen molar-refractivity contribution in [1.82, 2.24) is 10.2 Å². The summed E-state index contributed by atoms with van der Waals surface area (Å²) < 4.78 is 0. The molecule has 2 atom stereocenters. The molecule has 1 N–H and O–H groups in total. The topological polar surface area (TPSA) is 95.8 Å². The van der Waals surface area contributed by atoms with Crippen molar-refractivity contribution in [3.8, 4) is 0 Å². The van der Waals surface area contributed by atoms with Crippen molar-refractivity contribution in [1.29, 1.82) is 0 Å². The zero-order valence-electron chi connectivity index (χ0n) is 19.1. The summed E-state index contributed by atoms with van der Waals surface area (Å²) in [6.45, 7) is 5.01. The van der Waals surface area contributed by atoms with E-state index in [1.165, 1.54) is 12.1 Å². The van der Waals surface area contributed by atoms with Gasteiger partial charge in [0.1, 0.15) is 6.04 Å². The summed E-state index contributed by atoms with van der Waals surface area (Å²) in [5, 5.41) is 14.4. The third-order valence-corrected chi connectivity index (χ3v) is 6.44. The quantitative estimate of drug-likeness (QED) is 0.514. The van der Waals surface area contributed by atoms with Crippen molar-refractivity contribution < 1.29 is 14.5 Å². The monoisotopic (exact) mass is 450 g/mol. The van der Waals surface area contributed by atoms with Crippen LogP contribution in [-0.4, -0.2) is 52.9 Å². The second kappa shape index (κ2) is 9.60. The minimum absolute atomic E-state index is 0.0600. The smallest absolute Gasteiger partial charge is 0.270 e. The number of hydrogen-bond donors (Lipinski definition) is 1. The van der Waals surface area contributed by atoms with Crippen molar-refractivity contribution in [2.45, 2.75) is 57.7 Å². The first-order valence-corrected chi connectivity index (χ1v) is 11.6. The number of rotatable bonds is 7. The molecule has 0 spiro atoms. The average Bonchev–Trinajstić information content (AvgIpc) is 3.21. The summed E-state index contributed by atoms with van der Waals surface area (Å²) in [7, 11) is 0. The van der Waals surface area contributed by atoms with Gasteiger partial charge in [0.2, 0.25) is 5.91 Å². The number of carbonyl (C=O) groups is 2. The molecule has 2 heterocycles. The number of benzene rings is 2. The van der Waals surface area contributed by atoms with Crippen LogP contribution < -0.4 is 10.2 Å². The molecule has 2 aromatic rings. The molecule has 2 aromatic carbocycles. The Labute approximate surface area is 193 Å². The lowest BCUT2D eigenvalue weighted by Gasteiger charge is -2.33. The fourth-order valence-corrected chi connectivity index (χ4v) is 4.89. The molecule has 0 aliphatic carbocycles. The lowest BCUT2D eigenvalue weighted by atomic mass is 10.0. The second-order valence-electron chi connectivity index (χ2n) is 9.11. The highest BCUT2D eigenvalue weighted by Crippen LogP contribution is 2.36. The van der Waals surface area contributed by atoms with Gasteiger partial charge < -0.3 is 15.1 Å². The van der Waals surface area contributed by atoms with Crippen molar-refractivity contribution in [2.75, 3.05) is 18.0 Å². The number of carbonyl (C=O) groups excluding carboxylic acids is 2. The van der Waals surface area contributed by atoms with E-state index in [1.807, 2.05) is 44.2 Å². The number of fused-ring (bicyclic) bond motifs is 3. The molecule has 2 unspecified atom stereocenters. The normalized spacial score (nSPS) is 18.5. The maximum Gasteiger partial charge on any atom is 0.270 e. The molecule has 2 aliphatic rings. The van der Waals surface area contributed by atoms with Gasteiger partial charge in [-0.15, -0.1) is 0 Å². The standard InChI is InChI=1S/C25H30N4O4/c1-17(2)26-24(30)23(12-10-18-7-4-3-5-8-18)28-16-20-9-6-14-27(20)22-13-11-19(29(32)33)15-21(22)25(28)31/h3-5,7-8,11,13,15,17,20,23H,6,9-10,12,14,16H2,1-2H3,(H,26,30). The number of aryl methyl sites for hydroxylation is 1. The van der Waals surface area contributed by atoms with Gasteiger partial charge in [0.15, 0.2) is 0 Å². The van der Waals surface area contributed by atoms with Gasteiger partial charge >= 0.3 is 0 Å². The number of amides is 2. The summed E-state index contributed by atoms with van der Waals surface area (Å²) >= 11 is 0. The largest absolute Gasteiger partial charge is 0.366 e. The Balaban J connectivity index is 1.71. The summed E-state index contributed by atoms with van der Waals surface area (Å²) in [5.41, 5.74) is 2.00. The first-order valence-electron chi connectivity index (χ1n) is 11.6. The molecular weight excluding hydrogens is 420 g/mol. The second-order valence-corrected chi connectivity index (χ2v) is 9.11. The Morgan fingerprint density at radius 1 is 1.21 bits per heavy atom. The molecule has 8 heteroatoms. The number of nitro benzene ring substituents is 1. The molecule has 0 bridgehead atoms. The van der Waals surface area contributed by atoms with Crippen LogP contribution in [0.25, 0.3) is 0 Å². The van der Waals surface area contributed by atoms with Crippen molar-refractivity contribution >= 4 is 23.2 Å². The van der Waals surface area contributed by atoms with E-state index in [9.17, 15) is 19.7 Å². The van der Waals surface area contributed by atoms with Crippen LogP contribution >= 0.6 is 0 Å². The molecule has 33 heavy (non-hydrogen) atoms. The van der Waals surface area contributed by atoms with Crippen LogP contribution in [0.4, 0.5) is 11.4 Å². The predicted molar refractivity (Wildman–Crippen MR) is 126 cm³/mol. The van der Waals surface area contributed by atoms with E-state index in [4.69, 9.17) is 0 Å². The molecule has 1 fully saturated rings. The van der Waals surface area contributed by atoms with Crippen molar-refractivity contribution in [2.24, 2.45) is 0 Å². The molecule has 0 radical (unpaired) electrons. The van der Waals surface area contributed by atoms with Crippen LogP contribution in [-0.2, 0) is 11.2 Å². The van der Waals surface area contributed by atoms with Gasteiger partial charge in [-0.2, -0.15) is 0 Å². The Bertz CT molecular complexity index is 1040. The highest BCUT2D eigenvalue weighted by Gasteiger charge is 2.40. The third kappa shape index (κ3) is 4.84. The van der Waals surface area contributed by atoms with Crippen molar-refractivity contribution in [3.05, 3.63) is 69.8 Å². The number of nitrogens with zero attached hydrogens (tertiary/aromatic N) is 3. The van der Waals surface area contributed by atoms with E-state index in [0.717, 1.165) is 30.6 Å². The molecular formula is C25H30N4O4. The number of non-ortho nitro benzene ring substituents is 1. The number of anilines is 1. The molecule has 4 rings (SSSR count). The zero-order chi connectivity index (χ0) is 23.5. The van der Waals surface area contributed by atoms with Crippen LogP contribution in [0.1, 0.15) is 49.0 Å².